The molecule has 0 aliphatic carbocycles. The van der Waals surface area contributed by atoms with E-state index < -0.39 is 0 Å². The molecule has 4 heteroatoms. The van der Waals surface area contributed by atoms with Crippen LogP contribution in [0.25, 0.3) is 0 Å². The molecule has 1 saturated heterocycles. The van der Waals surface area contributed by atoms with Gasteiger partial charge >= 0.3 is 0 Å². The van der Waals surface area contributed by atoms with Crippen molar-refractivity contribution in [3.05, 3.63) is 29.8 Å². The first-order valence-electron chi connectivity index (χ1n) is 5.80. The zero-order valence-electron chi connectivity index (χ0n) is 10.1. The third-order valence-electron chi connectivity index (χ3n) is 2.80. The molecule has 2 rings (SSSR count). The van der Waals surface area contributed by atoms with Crippen molar-refractivity contribution in [3.63, 3.8) is 0 Å². The molecule has 0 saturated carbocycles. The molecule has 1 aromatic rings. The molecule has 1 heterocycles. The largest absolute Gasteiger partial charge is 0.508 e. The van der Waals surface area contributed by atoms with Crippen LogP contribution in [0.1, 0.15) is 19.4 Å². The third kappa shape index (κ3) is 2.96. The van der Waals surface area contributed by atoms with Crippen LogP contribution in [-0.4, -0.2) is 40.3 Å². The molecule has 0 bridgehead atoms. The number of benzene rings is 1. The summed E-state index contributed by atoms with van der Waals surface area (Å²) < 4.78 is 5.68. The molecule has 1 N–H and O–H groups in total. The molecule has 1 aliphatic heterocycles. The van der Waals surface area contributed by atoms with Crippen LogP contribution in [0.5, 0.6) is 5.75 Å². The SMILES string of the molecule is CC1CN(C(=S)c2cccc(O)c2)CC(C)O1. The molecule has 1 fully saturated rings. The van der Waals surface area contributed by atoms with Crippen LogP contribution in [0.4, 0.5) is 0 Å². The van der Waals surface area contributed by atoms with Crippen LogP contribution in [0.15, 0.2) is 24.3 Å². The summed E-state index contributed by atoms with van der Waals surface area (Å²) in [6.45, 7) is 5.71. The van der Waals surface area contributed by atoms with Crippen molar-refractivity contribution in [3.8, 4) is 5.75 Å². The molecule has 0 radical (unpaired) electrons. The van der Waals surface area contributed by atoms with E-state index in [4.69, 9.17) is 17.0 Å². The van der Waals surface area contributed by atoms with Gasteiger partial charge in [-0.05, 0) is 26.0 Å². The number of hydrogen-bond acceptors (Lipinski definition) is 3. The lowest BCUT2D eigenvalue weighted by atomic mass is 10.1. The number of thiocarbonyl (C=S) groups is 1. The fourth-order valence-electron chi connectivity index (χ4n) is 2.17. The molecule has 0 aromatic heterocycles. The molecule has 2 atom stereocenters. The molecular formula is C13H17NO2S. The summed E-state index contributed by atoms with van der Waals surface area (Å²) in [5.41, 5.74) is 0.890. The molecule has 3 nitrogen and oxygen atoms in total. The van der Waals surface area contributed by atoms with Gasteiger partial charge in [0.2, 0.25) is 0 Å². The van der Waals surface area contributed by atoms with E-state index in [1.54, 1.807) is 12.1 Å². The lowest BCUT2D eigenvalue weighted by molar-refractivity contribution is -0.0472. The van der Waals surface area contributed by atoms with Gasteiger partial charge in [0.15, 0.2) is 0 Å². The molecule has 1 aromatic carbocycles. The van der Waals surface area contributed by atoms with E-state index in [-0.39, 0.29) is 18.0 Å². The van der Waals surface area contributed by atoms with Gasteiger partial charge < -0.3 is 14.7 Å². The maximum Gasteiger partial charge on any atom is 0.116 e. The van der Waals surface area contributed by atoms with Crippen LogP contribution in [0.3, 0.4) is 0 Å². The predicted octanol–water partition coefficient (Wildman–Crippen LogP) is 2.18. The third-order valence-corrected chi connectivity index (χ3v) is 3.29. The van der Waals surface area contributed by atoms with Crippen LogP contribution in [0.2, 0.25) is 0 Å². The normalized spacial score (nSPS) is 24.7. The van der Waals surface area contributed by atoms with E-state index in [0.717, 1.165) is 23.6 Å². The highest BCUT2D eigenvalue weighted by Crippen LogP contribution is 2.17. The lowest BCUT2D eigenvalue weighted by Crippen LogP contribution is -2.47. The number of aromatic hydroxyl groups is 1. The Balaban J connectivity index is 2.14. The fraction of sp³-hybridized carbons (Fsp3) is 0.462. The second-order valence-electron chi connectivity index (χ2n) is 4.52. The summed E-state index contributed by atoms with van der Waals surface area (Å²) in [5, 5.41) is 9.46. The lowest BCUT2D eigenvalue weighted by Gasteiger charge is -2.37. The Kier molecular flexibility index (Phi) is 3.64. The average Bonchev–Trinajstić information content (AvgIpc) is 2.26. The van der Waals surface area contributed by atoms with E-state index in [1.807, 2.05) is 26.0 Å². The first-order valence-corrected chi connectivity index (χ1v) is 6.21. The summed E-state index contributed by atoms with van der Waals surface area (Å²) in [4.78, 5) is 2.92. The number of hydrogen-bond donors (Lipinski definition) is 1. The fourth-order valence-corrected chi connectivity index (χ4v) is 2.44. The number of phenols is 1. The van der Waals surface area contributed by atoms with Gasteiger partial charge in [0, 0.05) is 18.7 Å². The summed E-state index contributed by atoms with van der Waals surface area (Å²) in [5.74, 6) is 0.249. The Morgan fingerprint density at radius 1 is 1.35 bits per heavy atom. The minimum Gasteiger partial charge on any atom is -0.508 e. The zero-order chi connectivity index (χ0) is 12.4. The first-order chi connectivity index (χ1) is 8.06. The molecule has 92 valence electrons. The highest BCUT2D eigenvalue weighted by atomic mass is 32.1. The zero-order valence-corrected chi connectivity index (χ0v) is 10.9. The second-order valence-corrected chi connectivity index (χ2v) is 4.90. The summed E-state index contributed by atoms with van der Waals surface area (Å²) in [6.07, 6.45) is 0.378. The molecule has 17 heavy (non-hydrogen) atoms. The van der Waals surface area contributed by atoms with Gasteiger partial charge in [-0.3, -0.25) is 0 Å². The van der Waals surface area contributed by atoms with Crippen molar-refractivity contribution in [2.24, 2.45) is 0 Å². The van der Waals surface area contributed by atoms with Crippen molar-refractivity contribution < 1.29 is 9.84 Å². The predicted molar refractivity (Wildman–Crippen MR) is 71.4 cm³/mol. The van der Waals surface area contributed by atoms with E-state index in [9.17, 15) is 5.11 Å². The summed E-state index contributed by atoms with van der Waals surface area (Å²) >= 11 is 5.47. The Morgan fingerprint density at radius 2 is 2.00 bits per heavy atom. The first kappa shape index (κ1) is 12.3. The molecule has 0 spiro atoms. The Bertz CT molecular complexity index is 412. The maximum atomic E-state index is 9.46. The number of morpholine rings is 1. The van der Waals surface area contributed by atoms with Gasteiger partial charge in [-0.2, -0.15) is 0 Å². The minimum absolute atomic E-state index is 0.189. The van der Waals surface area contributed by atoms with Crippen molar-refractivity contribution in [1.82, 2.24) is 4.90 Å². The Morgan fingerprint density at radius 3 is 2.59 bits per heavy atom. The van der Waals surface area contributed by atoms with Crippen LogP contribution in [-0.2, 0) is 4.74 Å². The maximum absolute atomic E-state index is 9.46. The average molecular weight is 251 g/mol. The van der Waals surface area contributed by atoms with Crippen LogP contribution < -0.4 is 0 Å². The quantitative estimate of drug-likeness (QED) is 0.775. The van der Waals surface area contributed by atoms with Gasteiger partial charge in [-0.25, -0.2) is 0 Å². The molecule has 0 amide bonds. The molecular weight excluding hydrogens is 234 g/mol. The molecule has 1 aliphatic rings. The monoisotopic (exact) mass is 251 g/mol. The smallest absolute Gasteiger partial charge is 0.116 e. The van der Waals surface area contributed by atoms with Gasteiger partial charge in [0.25, 0.3) is 0 Å². The van der Waals surface area contributed by atoms with Crippen LogP contribution >= 0.6 is 12.2 Å². The molecule has 2 unspecified atom stereocenters. The highest BCUT2D eigenvalue weighted by Gasteiger charge is 2.24. The van der Waals surface area contributed by atoms with Gasteiger partial charge in [0.05, 0.1) is 12.2 Å². The van der Waals surface area contributed by atoms with E-state index in [0.29, 0.717) is 0 Å². The highest BCUT2D eigenvalue weighted by molar-refractivity contribution is 7.80. The topological polar surface area (TPSA) is 32.7 Å². The Hall–Kier alpha value is -1.13. The van der Waals surface area contributed by atoms with Gasteiger partial charge in [0.1, 0.15) is 10.7 Å². The number of phenolic OH excluding ortho intramolecular Hbond substituents is 1. The van der Waals surface area contributed by atoms with E-state index >= 15 is 0 Å². The number of rotatable bonds is 1. The van der Waals surface area contributed by atoms with E-state index in [2.05, 4.69) is 4.90 Å². The minimum atomic E-state index is 0.189. The summed E-state index contributed by atoms with van der Waals surface area (Å²) in [6, 6.07) is 7.08. The standard InChI is InChI=1S/C13H17NO2S/c1-9-7-14(8-10(2)16-9)13(17)11-4-3-5-12(15)6-11/h3-6,9-10,15H,7-8H2,1-2H3. The summed E-state index contributed by atoms with van der Waals surface area (Å²) in [7, 11) is 0. The second kappa shape index (κ2) is 5.02. The van der Waals surface area contributed by atoms with Crippen molar-refractivity contribution in [1.29, 1.82) is 0 Å². The number of ether oxygens (including phenoxy) is 1. The van der Waals surface area contributed by atoms with Crippen molar-refractivity contribution >= 4 is 17.2 Å². The van der Waals surface area contributed by atoms with Gasteiger partial charge in [-0.15, -0.1) is 0 Å². The van der Waals surface area contributed by atoms with Crippen molar-refractivity contribution in [2.45, 2.75) is 26.1 Å². The van der Waals surface area contributed by atoms with Crippen molar-refractivity contribution in [2.75, 3.05) is 13.1 Å². The van der Waals surface area contributed by atoms with E-state index in [1.165, 1.54) is 0 Å². The Labute approximate surface area is 107 Å². The van der Waals surface area contributed by atoms with Crippen LogP contribution in [0, 0.1) is 0 Å². The van der Waals surface area contributed by atoms with Gasteiger partial charge in [-0.1, -0.05) is 24.4 Å². The number of nitrogens with zero attached hydrogens (tertiary/aromatic N) is 1.